The third-order valence-corrected chi connectivity index (χ3v) is 4.15. The molecule has 1 aliphatic rings. The van der Waals surface area contributed by atoms with Crippen molar-refractivity contribution in [2.75, 3.05) is 34.4 Å². The first-order chi connectivity index (χ1) is 9.51. The molecule has 1 aliphatic heterocycles. The van der Waals surface area contributed by atoms with Gasteiger partial charge in [-0.1, -0.05) is 0 Å². The van der Waals surface area contributed by atoms with Gasteiger partial charge in [0.25, 0.3) is 0 Å². The van der Waals surface area contributed by atoms with Gasteiger partial charge in [0.1, 0.15) is 11.5 Å². The van der Waals surface area contributed by atoms with E-state index >= 15 is 0 Å². The maximum Gasteiger partial charge on any atom is 0.314 e. The summed E-state index contributed by atoms with van der Waals surface area (Å²) in [5, 5.41) is 9.76. The van der Waals surface area contributed by atoms with E-state index in [4.69, 9.17) is 9.47 Å². The molecule has 0 atom stereocenters. The monoisotopic (exact) mass is 279 g/mol. The van der Waals surface area contributed by atoms with E-state index in [-0.39, 0.29) is 0 Å². The average Bonchev–Trinajstić information content (AvgIpc) is 2.47. The number of carboxylic acids is 1. The highest BCUT2D eigenvalue weighted by Gasteiger charge is 2.43. The highest BCUT2D eigenvalue weighted by Crippen LogP contribution is 2.39. The van der Waals surface area contributed by atoms with Crippen LogP contribution in [0.4, 0.5) is 0 Å². The van der Waals surface area contributed by atoms with E-state index in [9.17, 15) is 9.90 Å². The summed E-state index contributed by atoms with van der Waals surface area (Å²) in [6, 6.07) is 5.37. The molecule has 0 aromatic heterocycles. The average molecular weight is 279 g/mol. The lowest BCUT2D eigenvalue weighted by atomic mass is 9.72. The number of rotatable bonds is 4. The topological polar surface area (TPSA) is 59.0 Å². The molecule has 0 radical (unpaired) electrons. The molecule has 1 N–H and O–H groups in total. The smallest absolute Gasteiger partial charge is 0.314 e. The molecule has 0 amide bonds. The van der Waals surface area contributed by atoms with Gasteiger partial charge in [0.2, 0.25) is 0 Å². The van der Waals surface area contributed by atoms with Gasteiger partial charge in [0.05, 0.1) is 19.6 Å². The summed E-state index contributed by atoms with van der Waals surface area (Å²) in [6.45, 7) is 1.54. The number of nitrogens with zero attached hydrogens (tertiary/aromatic N) is 1. The maximum atomic E-state index is 11.9. The van der Waals surface area contributed by atoms with Crippen LogP contribution in [0.2, 0.25) is 0 Å². The van der Waals surface area contributed by atoms with Gasteiger partial charge in [0.15, 0.2) is 0 Å². The summed E-state index contributed by atoms with van der Waals surface area (Å²) >= 11 is 0. The van der Waals surface area contributed by atoms with E-state index in [1.807, 2.05) is 19.2 Å². The first-order valence-corrected chi connectivity index (χ1v) is 6.67. The minimum atomic E-state index is -0.853. The van der Waals surface area contributed by atoms with Crippen molar-refractivity contribution in [2.24, 2.45) is 0 Å². The number of likely N-dealkylation sites (tertiary alicyclic amines) is 1. The number of carboxylic acid groups (broad SMARTS) is 1. The fourth-order valence-corrected chi connectivity index (χ4v) is 2.71. The van der Waals surface area contributed by atoms with E-state index in [0.29, 0.717) is 24.3 Å². The Morgan fingerprint density at radius 2 is 1.65 bits per heavy atom. The van der Waals surface area contributed by atoms with Crippen LogP contribution in [0.3, 0.4) is 0 Å². The molecule has 2 rings (SSSR count). The Hall–Kier alpha value is -1.75. The molecule has 20 heavy (non-hydrogen) atoms. The minimum absolute atomic E-state index is 0.592. The third kappa shape index (κ3) is 2.58. The van der Waals surface area contributed by atoms with Gasteiger partial charge < -0.3 is 19.5 Å². The molecule has 0 saturated carbocycles. The van der Waals surface area contributed by atoms with E-state index in [1.54, 1.807) is 20.3 Å². The molecular formula is C15H21NO4. The molecule has 5 nitrogen and oxygen atoms in total. The number of ether oxygens (including phenoxy) is 2. The van der Waals surface area contributed by atoms with Crippen molar-refractivity contribution < 1.29 is 19.4 Å². The largest absolute Gasteiger partial charge is 0.497 e. The summed E-state index contributed by atoms with van der Waals surface area (Å²) in [5.74, 6) is 0.471. The van der Waals surface area contributed by atoms with Gasteiger partial charge in [0, 0.05) is 6.07 Å². The lowest BCUT2D eigenvalue weighted by Crippen LogP contribution is -2.46. The van der Waals surface area contributed by atoms with E-state index in [0.717, 1.165) is 18.7 Å². The minimum Gasteiger partial charge on any atom is -0.497 e. The zero-order valence-electron chi connectivity index (χ0n) is 12.2. The zero-order valence-corrected chi connectivity index (χ0v) is 12.2. The van der Waals surface area contributed by atoms with E-state index < -0.39 is 11.4 Å². The fourth-order valence-electron chi connectivity index (χ4n) is 2.71. The van der Waals surface area contributed by atoms with Crippen molar-refractivity contribution in [3.63, 3.8) is 0 Å². The van der Waals surface area contributed by atoms with Gasteiger partial charge in [-0.3, -0.25) is 4.79 Å². The molecule has 0 bridgehead atoms. The first kappa shape index (κ1) is 14.7. The summed E-state index contributed by atoms with van der Waals surface area (Å²) in [7, 11) is 5.15. The lowest BCUT2D eigenvalue weighted by molar-refractivity contribution is -0.145. The number of benzene rings is 1. The van der Waals surface area contributed by atoms with Gasteiger partial charge in [-0.25, -0.2) is 0 Å². The van der Waals surface area contributed by atoms with E-state index in [2.05, 4.69) is 4.90 Å². The van der Waals surface area contributed by atoms with Crippen LogP contribution >= 0.6 is 0 Å². The molecule has 0 unspecified atom stereocenters. The van der Waals surface area contributed by atoms with E-state index in [1.165, 1.54) is 0 Å². The maximum absolute atomic E-state index is 11.9. The Kier molecular flexibility index (Phi) is 4.18. The molecule has 0 aliphatic carbocycles. The molecule has 0 spiro atoms. The van der Waals surface area contributed by atoms with Gasteiger partial charge >= 0.3 is 5.97 Å². The molecule has 1 fully saturated rings. The Morgan fingerprint density at radius 3 is 2.05 bits per heavy atom. The number of hydrogen-bond acceptors (Lipinski definition) is 4. The number of hydrogen-bond donors (Lipinski definition) is 1. The summed E-state index contributed by atoms with van der Waals surface area (Å²) in [6.07, 6.45) is 1.18. The van der Waals surface area contributed by atoms with Crippen molar-refractivity contribution >= 4 is 5.97 Å². The van der Waals surface area contributed by atoms with Crippen LogP contribution in [0.15, 0.2) is 18.2 Å². The second-order valence-corrected chi connectivity index (χ2v) is 5.29. The molecule has 1 aromatic rings. The quantitative estimate of drug-likeness (QED) is 0.910. The Labute approximate surface area is 119 Å². The van der Waals surface area contributed by atoms with Crippen molar-refractivity contribution in [2.45, 2.75) is 18.3 Å². The molecular weight excluding hydrogens is 258 g/mol. The molecule has 1 heterocycles. The molecule has 110 valence electrons. The summed E-state index contributed by atoms with van der Waals surface area (Å²) in [5.41, 5.74) is -0.0942. The predicted octanol–water partition coefficient (Wildman–Crippen LogP) is 1.75. The van der Waals surface area contributed by atoms with Crippen molar-refractivity contribution in [3.8, 4) is 11.5 Å². The predicted molar refractivity (Wildman–Crippen MR) is 75.6 cm³/mol. The number of methoxy groups -OCH3 is 2. The summed E-state index contributed by atoms with van der Waals surface area (Å²) < 4.78 is 10.5. The van der Waals surface area contributed by atoms with Crippen LogP contribution in [-0.2, 0) is 10.2 Å². The van der Waals surface area contributed by atoms with Gasteiger partial charge in [-0.15, -0.1) is 0 Å². The number of carbonyl (C=O) groups is 1. The second kappa shape index (κ2) is 5.71. The standard InChI is InChI=1S/C15H21NO4/c1-16-6-4-15(5-7-16,14(17)18)11-8-12(19-2)10-13(9-11)20-3/h8-10H,4-7H2,1-3H3,(H,17,18). The first-order valence-electron chi connectivity index (χ1n) is 6.67. The SMILES string of the molecule is COc1cc(OC)cc(C2(C(=O)O)CCN(C)CC2)c1. The summed E-state index contributed by atoms with van der Waals surface area (Å²) in [4.78, 5) is 14.0. The van der Waals surface area contributed by atoms with Crippen LogP contribution in [0.1, 0.15) is 18.4 Å². The highest BCUT2D eigenvalue weighted by atomic mass is 16.5. The normalized spacial score (nSPS) is 18.6. The third-order valence-electron chi connectivity index (χ3n) is 4.15. The Bertz CT molecular complexity index is 470. The van der Waals surface area contributed by atoms with Crippen LogP contribution in [0.25, 0.3) is 0 Å². The van der Waals surface area contributed by atoms with Crippen molar-refractivity contribution in [1.82, 2.24) is 4.90 Å². The molecule has 5 heteroatoms. The van der Waals surface area contributed by atoms with Crippen LogP contribution in [-0.4, -0.2) is 50.3 Å². The Balaban J connectivity index is 2.46. The highest BCUT2D eigenvalue weighted by molar-refractivity contribution is 5.82. The van der Waals surface area contributed by atoms with Crippen LogP contribution in [0, 0.1) is 0 Å². The van der Waals surface area contributed by atoms with Crippen LogP contribution < -0.4 is 9.47 Å². The van der Waals surface area contributed by atoms with Crippen molar-refractivity contribution in [3.05, 3.63) is 23.8 Å². The lowest BCUT2D eigenvalue weighted by Gasteiger charge is -2.37. The van der Waals surface area contributed by atoms with Gasteiger partial charge in [-0.05, 0) is 50.7 Å². The zero-order chi connectivity index (χ0) is 14.8. The number of aliphatic carboxylic acids is 1. The molecule has 1 saturated heterocycles. The van der Waals surface area contributed by atoms with Crippen molar-refractivity contribution in [1.29, 1.82) is 0 Å². The van der Waals surface area contributed by atoms with Crippen LogP contribution in [0.5, 0.6) is 11.5 Å². The Morgan fingerprint density at radius 1 is 1.15 bits per heavy atom. The second-order valence-electron chi connectivity index (χ2n) is 5.29. The molecule has 1 aromatic carbocycles. The number of piperidine rings is 1. The van der Waals surface area contributed by atoms with Gasteiger partial charge in [-0.2, -0.15) is 0 Å². The fraction of sp³-hybridized carbons (Fsp3) is 0.533.